The molecule has 0 spiro atoms. The highest BCUT2D eigenvalue weighted by Gasteiger charge is 2.26. The van der Waals surface area contributed by atoms with E-state index in [1.54, 1.807) is 11.5 Å². The molecule has 7 nitrogen and oxygen atoms in total. The van der Waals surface area contributed by atoms with Crippen molar-refractivity contribution in [1.82, 2.24) is 15.0 Å². The van der Waals surface area contributed by atoms with E-state index in [-0.39, 0.29) is 0 Å². The first-order valence-corrected chi connectivity index (χ1v) is 8.58. The average molecular weight is 368 g/mol. The lowest BCUT2D eigenvalue weighted by Crippen LogP contribution is -2.36. The summed E-state index contributed by atoms with van der Waals surface area (Å²) in [6, 6.07) is 5.38. The first-order valence-electron chi connectivity index (χ1n) is 7.70. The van der Waals surface area contributed by atoms with Crippen LogP contribution in [0.4, 0.5) is 5.82 Å². The van der Waals surface area contributed by atoms with Crippen molar-refractivity contribution in [1.29, 1.82) is 0 Å². The number of amides is 2. The Morgan fingerprint density at radius 3 is 2.62 bits per heavy atom. The monoisotopic (exact) mass is 368 g/mol. The zero-order valence-electron chi connectivity index (χ0n) is 14.2. The number of hydrazine groups is 1. The fraction of sp³-hybridized carbons (Fsp3) is 0.111. The van der Waals surface area contributed by atoms with Crippen molar-refractivity contribution < 1.29 is 14.3 Å². The highest BCUT2D eigenvalue weighted by molar-refractivity contribution is 8.10. The third-order valence-corrected chi connectivity index (χ3v) is 4.46. The number of ether oxygens (including phenoxy) is 1. The molecular weight excluding hydrogens is 352 g/mol. The van der Waals surface area contributed by atoms with Gasteiger partial charge in [-0.3, -0.25) is 15.0 Å². The molecule has 1 aromatic carbocycles. The van der Waals surface area contributed by atoms with Crippen LogP contribution >= 0.6 is 11.8 Å². The molecule has 0 unspecified atom stereocenters. The first-order chi connectivity index (χ1) is 12.6. The third-order valence-electron chi connectivity index (χ3n) is 3.62. The number of imide groups is 1. The number of benzene rings is 1. The number of anilines is 1. The molecule has 0 aliphatic carbocycles. The molecule has 1 N–H and O–H groups in total. The molecule has 2 amide bonds. The molecule has 8 heteroatoms. The van der Waals surface area contributed by atoms with Crippen molar-refractivity contribution in [3.63, 3.8) is 0 Å². The number of hydrogen-bond acceptors (Lipinski definition) is 7. The van der Waals surface area contributed by atoms with Gasteiger partial charge in [-0.2, -0.15) is 5.01 Å². The number of nitrogens with one attached hydrogen (secondary N) is 1. The van der Waals surface area contributed by atoms with Crippen LogP contribution in [0.2, 0.25) is 0 Å². The van der Waals surface area contributed by atoms with Gasteiger partial charge in [0.05, 0.1) is 22.9 Å². The Bertz CT molecular complexity index is 950. The molecule has 0 fully saturated rings. The minimum absolute atomic E-state index is 0.303. The average Bonchev–Trinajstić information content (AvgIpc) is 2.97. The van der Waals surface area contributed by atoms with Gasteiger partial charge in [-0.25, -0.2) is 9.97 Å². The standard InChI is InChI=1S/C18H16N4O3S/c1-4-13(26-5-2)17-19-11-7-6-8-12(25-3)16(11)18(20-17)21-22-14(23)9-10-15(22)24/h4-10H,2H2,1,3H3,(H,19,20,21)/b13-4-. The summed E-state index contributed by atoms with van der Waals surface area (Å²) in [4.78, 5) is 33.7. The van der Waals surface area contributed by atoms with Gasteiger partial charge in [0.15, 0.2) is 11.6 Å². The van der Waals surface area contributed by atoms with E-state index < -0.39 is 11.8 Å². The molecule has 1 aliphatic heterocycles. The largest absolute Gasteiger partial charge is 0.496 e. The lowest BCUT2D eigenvalue weighted by molar-refractivity contribution is -0.135. The molecule has 3 rings (SSSR count). The van der Waals surface area contributed by atoms with Crippen LogP contribution in [0.3, 0.4) is 0 Å². The number of fused-ring (bicyclic) bond motifs is 1. The third kappa shape index (κ3) is 3.18. The fourth-order valence-corrected chi connectivity index (χ4v) is 2.98. The van der Waals surface area contributed by atoms with Crippen molar-refractivity contribution in [3.8, 4) is 5.75 Å². The van der Waals surface area contributed by atoms with Crippen LogP contribution in [-0.2, 0) is 9.59 Å². The summed E-state index contributed by atoms with van der Waals surface area (Å²) in [7, 11) is 1.53. The van der Waals surface area contributed by atoms with Crippen LogP contribution in [0, 0.1) is 0 Å². The van der Waals surface area contributed by atoms with Crippen LogP contribution in [0.1, 0.15) is 12.7 Å². The van der Waals surface area contributed by atoms with Gasteiger partial charge in [0.25, 0.3) is 11.8 Å². The Morgan fingerprint density at radius 2 is 2.00 bits per heavy atom. The maximum absolute atomic E-state index is 11.9. The van der Waals surface area contributed by atoms with E-state index in [2.05, 4.69) is 22.0 Å². The lowest BCUT2D eigenvalue weighted by atomic mass is 10.2. The van der Waals surface area contributed by atoms with E-state index in [9.17, 15) is 9.59 Å². The number of thioether (sulfide) groups is 1. The van der Waals surface area contributed by atoms with E-state index in [1.165, 1.54) is 31.0 Å². The number of aromatic nitrogens is 2. The highest BCUT2D eigenvalue weighted by Crippen LogP contribution is 2.34. The van der Waals surface area contributed by atoms with Gasteiger partial charge in [-0.1, -0.05) is 30.5 Å². The van der Waals surface area contributed by atoms with Gasteiger partial charge in [-0.15, -0.1) is 0 Å². The molecular formula is C18H16N4O3S. The zero-order valence-corrected chi connectivity index (χ0v) is 15.0. The molecule has 2 heterocycles. The quantitative estimate of drug-likeness (QED) is 0.784. The molecule has 1 aromatic heterocycles. The first kappa shape index (κ1) is 17.7. The molecule has 0 bridgehead atoms. The lowest BCUT2D eigenvalue weighted by Gasteiger charge is -2.19. The Morgan fingerprint density at radius 1 is 1.27 bits per heavy atom. The number of methoxy groups -OCH3 is 1. The Hall–Kier alpha value is -3.13. The minimum Gasteiger partial charge on any atom is -0.496 e. The molecule has 0 atom stereocenters. The number of hydrogen-bond donors (Lipinski definition) is 1. The van der Waals surface area contributed by atoms with Gasteiger partial charge in [0, 0.05) is 12.2 Å². The minimum atomic E-state index is -0.468. The summed E-state index contributed by atoms with van der Waals surface area (Å²) < 4.78 is 5.40. The normalized spacial score (nSPS) is 14.2. The SMILES string of the molecule is C=CS/C(=C\C)c1nc(NN2C(=O)C=CC2=O)c2c(OC)cccc2n1. The number of carbonyl (C=O) groups excluding carboxylic acids is 2. The van der Waals surface area contributed by atoms with E-state index in [0.717, 1.165) is 9.91 Å². The number of allylic oxidation sites excluding steroid dienone is 1. The van der Waals surface area contributed by atoms with Crippen molar-refractivity contribution >= 4 is 45.2 Å². The topological polar surface area (TPSA) is 84.4 Å². The molecule has 0 saturated heterocycles. The second-order valence-electron chi connectivity index (χ2n) is 5.14. The zero-order chi connectivity index (χ0) is 18.7. The van der Waals surface area contributed by atoms with Gasteiger partial charge >= 0.3 is 0 Å². The molecule has 26 heavy (non-hydrogen) atoms. The summed E-state index contributed by atoms with van der Waals surface area (Å²) in [6.45, 7) is 5.58. The van der Waals surface area contributed by atoms with Gasteiger partial charge in [-0.05, 0) is 24.5 Å². The number of nitrogens with zero attached hydrogens (tertiary/aromatic N) is 3. The molecule has 2 aromatic rings. The smallest absolute Gasteiger partial charge is 0.272 e. The summed E-state index contributed by atoms with van der Waals surface area (Å²) in [5.41, 5.74) is 3.42. The number of rotatable bonds is 6. The second-order valence-corrected chi connectivity index (χ2v) is 6.15. The van der Waals surface area contributed by atoms with Crippen molar-refractivity contribution in [2.75, 3.05) is 12.5 Å². The van der Waals surface area contributed by atoms with Crippen LogP contribution in [-0.4, -0.2) is 33.9 Å². The Kier molecular flexibility index (Phi) is 5.04. The van der Waals surface area contributed by atoms with Gasteiger partial charge < -0.3 is 4.74 Å². The van der Waals surface area contributed by atoms with Crippen molar-refractivity contribution in [2.45, 2.75) is 6.92 Å². The molecule has 132 valence electrons. The van der Waals surface area contributed by atoms with Gasteiger partial charge in [0.2, 0.25) is 0 Å². The fourth-order valence-electron chi connectivity index (χ4n) is 2.47. The van der Waals surface area contributed by atoms with Crippen LogP contribution in [0.25, 0.3) is 15.8 Å². The van der Waals surface area contributed by atoms with E-state index in [0.29, 0.717) is 28.3 Å². The molecule has 0 saturated carbocycles. The summed E-state index contributed by atoms with van der Waals surface area (Å²) in [5.74, 6) is 0.349. The van der Waals surface area contributed by atoms with E-state index in [4.69, 9.17) is 4.74 Å². The summed E-state index contributed by atoms with van der Waals surface area (Å²) in [5, 5.41) is 3.15. The second kappa shape index (κ2) is 7.40. The van der Waals surface area contributed by atoms with Gasteiger partial charge in [0.1, 0.15) is 5.75 Å². The summed E-state index contributed by atoms with van der Waals surface area (Å²) >= 11 is 1.38. The maximum Gasteiger partial charge on any atom is 0.272 e. The highest BCUT2D eigenvalue weighted by atomic mass is 32.2. The predicted molar refractivity (Wildman–Crippen MR) is 102 cm³/mol. The number of carbonyl (C=O) groups is 2. The van der Waals surface area contributed by atoms with Crippen LogP contribution in [0.5, 0.6) is 5.75 Å². The van der Waals surface area contributed by atoms with Crippen LogP contribution < -0.4 is 10.2 Å². The Labute approximate surface area is 154 Å². The maximum atomic E-state index is 11.9. The van der Waals surface area contributed by atoms with E-state index >= 15 is 0 Å². The Balaban J connectivity index is 2.18. The summed E-state index contributed by atoms with van der Waals surface area (Å²) in [6.07, 6.45) is 4.26. The molecule has 0 radical (unpaired) electrons. The van der Waals surface area contributed by atoms with Crippen molar-refractivity contribution in [2.24, 2.45) is 0 Å². The van der Waals surface area contributed by atoms with Crippen LogP contribution in [0.15, 0.2) is 48.4 Å². The van der Waals surface area contributed by atoms with Crippen molar-refractivity contribution in [3.05, 3.63) is 54.2 Å². The molecule has 1 aliphatic rings. The predicted octanol–water partition coefficient (Wildman–Crippen LogP) is 3.13. The van der Waals surface area contributed by atoms with E-state index in [1.807, 2.05) is 25.1 Å².